The summed E-state index contributed by atoms with van der Waals surface area (Å²) < 4.78 is 34.8. The lowest BCUT2D eigenvalue weighted by molar-refractivity contribution is -0.130. The number of carbonyl (C=O) groups is 1. The van der Waals surface area contributed by atoms with Crippen molar-refractivity contribution in [1.82, 2.24) is 4.90 Å². The Labute approximate surface area is 133 Å². The Balaban J connectivity index is 2.30. The third-order valence-corrected chi connectivity index (χ3v) is 3.65. The summed E-state index contributed by atoms with van der Waals surface area (Å²) in [7, 11) is 0. The summed E-state index contributed by atoms with van der Waals surface area (Å²) in [5, 5.41) is 9.95. The average molecular weight is 327 g/mol. The predicted octanol–water partition coefficient (Wildman–Crippen LogP) is 1.87. The summed E-state index contributed by atoms with van der Waals surface area (Å²) in [5.41, 5.74) is 1.27. The first-order chi connectivity index (χ1) is 10.9. The molecule has 2 atom stereocenters. The van der Waals surface area contributed by atoms with Crippen LogP contribution in [0.2, 0.25) is 0 Å². The maximum Gasteiger partial charge on any atom is 0.387 e. The molecule has 1 fully saturated rings. The summed E-state index contributed by atoms with van der Waals surface area (Å²) in [6, 6.07) is 4.20. The van der Waals surface area contributed by atoms with Crippen LogP contribution in [0, 0.1) is 6.92 Å². The zero-order chi connectivity index (χ0) is 17.0. The first-order valence-electron chi connectivity index (χ1n) is 7.15. The fourth-order valence-corrected chi connectivity index (χ4v) is 2.53. The summed E-state index contributed by atoms with van der Waals surface area (Å²) >= 11 is 0. The molecule has 0 aromatic heterocycles. The molecule has 23 heavy (non-hydrogen) atoms. The number of aliphatic hydroxyl groups excluding tert-OH is 1. The van der Waals surface area contributed by atoms with Crippen LogP contribution < -0.4 is 4.74 Å². The number of hydrogen-bond acceptors (Lipinski definition) is 4. The van der Waals surface area contributed by atoms with Crippen molar-refractivity contribution < 1.29 is 28.2 Å². The van der Waals surface area contributed by atoms with Crippen molar-refractivity contribution in [3.63, 3.8) is 0 Å². The third kappa shape index (κ3) is 4.27. The fourth-order valence-electron chi connectivity index (χ4n) is 2.53. The van der Waals surface area contributed by atoms with Crippen LogP contribution in [0.1, 0.15) is 11.1 Å². The van der Waals surface area contributed by atoms with Crippen LogP contribution in [0.3, 0.4) is 0 Å². The van der Waals surface area contributed by atoms with Gasteiger partial charge in [0.15, 0.2) is 0 Å². The monoisotopic (exact) mass is 327 g/mol. The largest absolute Gasteiger partial charge is 0.434 e. The molecule has 0 aliphatic carbocycles. The molecule has 0 spiro atoms. The van der Waals surface area contributed by atoms with E-state index in [1.54, 1.807) is 12.1 Å². The van der Waals surface area contributed by atoms with Crippen molar-refractivity contribution in [2.45, 2.75) is 32.2 Å². The van der Waals surface area contributed by atoms with Gasteiger partial charge >= 0.3 is 6.61 Å². The smallest absolute Gasteiger partial charge is 0.387 e. The van der Waals surface area contributed by atoms with Gasteiger partial charge in [0.05, 0.1) is 31.9 Å². The van der Waals surface area contributed by atoms with Crippen LogP contribution in [0.15, 0.2) is 30.9 Å². The maximum absolute atomic E-state index is 12.5. The number of alkyl halides is 2. The summed E-state index contributed by atoms with van der Waals surface area (Å²) in [6.45, 7) is 2.61. The molecule has 126 valence electrons. The van der Waals surface area contributed by atoms with E-state index in [4.69, 9.17) is 4.74 Å². The number of carbonyl (C=O) groups excluding carboxylic acids is 1. The lowest BCUT2D eigenvalue weighted by Gasteiger charge is -2.29. The van der Waals surface area contributed by atoms with E-state index in [1.807, 2.05) is 6.92 Å². The van der Waals surface area contributed by atoms with Gasteiger partial charge in [0, 0.05) is 5.56 Å². The van der Waals surface area contributed by atoms with Gasteiger partial charge in [-0.1, -0.05) is 24.3 Å². The van der Waals surface area contributed by atoms with Crippen LogP contribution in [-0.2, 0) is 16.1 Å². The van der Waals surface area contributed by atoms with Gasteiger partial charge in [0.1, 0.15) is 5.75 Å². The van der Waals surface area contributed by atoms with Crippen molar-refractivity contribution in [1.29, 1.82) is 0 Å². The molecule has 1 heterocycles. The lowest BCUT2D eigenvalue weighted by Crippen LogP contribution is -2.45. The van der Waals surface area contributed by atoms with E-state index in [9.17, 15) is 18.7 Å². The highest BCUT2D eigenvalue weighted by atomic mass is 19.3. The minimum absolute atomic E-state index is 0.000803. The zero-order valence-corrected chi connectivity index (χ0v) is 12.7. The fraction of sp³-hybridized carbons (Fsp3) is 0.438. The normalized spacial score (nSPS) is 20.6. The molecule has 1 aliphatic heterocycles. The van der Waals surface area contributed by atoms with Crippen LogP contribution in [0.4, 0.5) is 8.78 Å². The minimum atomic E-state index is -2.96. The Morgan fingerprint density at radius 3 is 2.87 bits per heavy atom. The van der Waals surface area contributed by atoms with Gasteiger partial charge in [0.25, 0.3) is 0 Å². The molecule has 7 heteroatoms. The van der Waals surface area contributed by atoms with E-state index in [2.05, 4.69) is 11.3 Å². The number of nitrogens with zero attached hydrogens (tertiary/aromatic N) is 1. The molecule has 1 saturated heterocycles. The Bertz CT molecular complexity index is 579. The zero-order valence-electron chi connectivity index (χ0n) is 12.7. The lowest BCUT2D eigenvalue weighted by atomic mass is 10.1. The number of halogens is 2. The Hall–Kier alpha value is -1.99. The highest BCUT2D eigenvalue weighted by molar-refractivity contribution is 5.87. The number of rotatable bonds is 6. The first-order valence-corrected chi connectivity index (χ1v) is 7.15. The summed E-state index contributed by atoms with van der Waals surface area (Å²) in [6.07, 6.45) is 0.289. The number of benzene rings is 1. The second-order valence-corrected chi connectivity index (χ2v) is 5.33. The van der Waals surface area contributed by atoms with Gasteiger partial charge < -0.3 is 19.5 Å². The van der Waals surface area contributed by atoms with Gasteiger partial charge in [-0.25, -0.2) is 0 Å². The van der Waals surface area contributed by atoms with E-state index < -0.39 is 24.7 Å². The Morgan fingerprint density at radius 1 is 1.57 bits per heavy atom. The average Bonchev–Trinajstić information content (AvgIpc) is 2.92. The summed E-state index contributed by atoms with van der Waals surface area (Å²) in [5.74, 6) is -0.412. The topological polar surface area (TPSA) is 59.0 Å². The Kier molecular flexibility index (Phi) is 5.68. The van der Waals surface area contributed by atoms with Crippen LogP contribution in [0.5, 0.6) is 5.75 Å². The standard InChI is InChI=1S/C16H19F2NO4/c1-3-15(21)19(12-8-22-9-13(12)20)7-11-6-10(2)4-5-14(11)23-16(17)18/h3-6,12-13,16,20H,1,7-9H2,2H3/t12-,13-/m1/s1. The molecule has 1 amide bonds. The number of ether oxygens (including phenoxy) is 2. The number of aliphatic hydroxyl groups is 1. The van der Waals surface area contributed by atoms with E-state index in [-0.39, 0.29) is 25.5 Å². The highest BCUT2D eigenvalue weighted by Gasteiger charge is 2.34. The summed E-state index contributed by atoms with van der Waals surface area (Å²) in [4.78, 5) is 13.5. The molecule has 0 bridgehead atoms. The highest BCUT2D eigenvalue weighted by Crippen LogP contribution is 2.26. The Morgan fingerprint density at radius 2 is 2.30 bits per heavy atom. The molecule has 0 unspecified atom stereocenters. The van der Waals surface area contributed by atoms with Crippen molar-refractivity contribution in [3.8, 4) is 5.75 Å². The van der Waals surface area contributed by atoms with E-state index in [0.717, 1.165) is 11.6 Å². The molecule has 1 N–H and O–H groups in total. The first kappa shape index (κ1) is 17.4. The van der Waals surface area contributed by atoms with Crippen molar-refractivity contribution in [2.24, 2.45) is 0 Å². The molecule has 1 aromatic rings. The van der Waals surface area contributed by atoms with Gasteiger partial charge in [-0.15, -0.1) is 0 Å². The molecular formula is C16H19F2NO4. The number of aryl methyl sites for hydroxylation is 1. The molecule has 1 aliphatic rings. The second kappa shape index (κ2) is 7.52. The molecular weight excluding hydrogens is 308 g/mol. The minimum Gasteiger partial charge on any atom is -0.434 e. The van der Waals surface area contributed by atoms with Crippen LogP contribution in [-0.4, -0.2) is 47.9 Å². The number of amides is 1. The van der Waals surface area contributed by atoms with Gasteiger partial charge in [-0.2, -0.15) is 8.78 Å². The van der Waals surface area contributed by atoms with E-state index >= 15 is 0 Å². The quantitative estimate of drug-likeness (QED) is 0.811. The predicted molar refractivity (Wildman–Crippen MR) is 79.2 cm³/mol. The SMILES string of the molecule is C=CC(=O)N(Cc1cc(C)ccc1OC(F)F)[C@@H]1COC[C@H]1O. The molecule has 0 saturated carbocycles. The van der Waals surface area contributed by atoms with Crippen molar-refractivity contribution >= 4 is 5.91 Å². The third-order valence-electron chi connectivity index (χ3n) is 3.65. The van der Waals surface area contributed by atoms with Crippen molar-refractivity contribution in [3.05, 3.63) is 42.0 Å². The second-order valence-electron chi connectivity index (χ2n) is 5.33. The molecule has 5 nitrogen and oxygen atoms in total. The molecule has 0 radical (unpaired) electrons. The van der Waals surface area contributed by atoms with Gasteiger partial charge in [-0.05, 0) is 19.1 Å². The van der Waals surface area contributed by atoms with Gasteiger partial charge in [-0.3, -0.25) is 4.79 Å². The van der Waals surface area contributed by atoms with Crippen LogP contribution >= 0.6 is 0 Å². The van der Waals surface area contributed by atoms with E-state index in [1.165, 1.54) is 11.0 Å². The number of hydrogen-bond donors (Lipinski definition) is 1. The maximum atomic E-state index is 12.5. The van der Waals surface area contributed by atoms with Gasteiger partial charge in [0.2, 0.25) is 5.91 Å². The molecule has 2 rings (SSSR count). The van der Waals surface area contributed by atoms with Crippen molar-refractivity contribution in [2.75, 3.05) is 13.2 Å². The molecule has 1 aromatic carbocycles. The van der Waals surface area contributed by atoms with E-state index in [0.29, 0.717) is 5.56 Å². The van der Waals surface area contributed by atoms with Crippen LogP contribution in [0.25, 0.3) is 0 Å².